The van der Waals surface area contributed by atoms with Crippen molar-refractivity contribution in [2.45, 2.75) is 18.6 Å². The average molecular weight is 413 g/mol. The van der Waals surface area contributed by atoms with E-state index in [-0.39, 0.29) is 23.3 Å². The third kappa shape index (κ3) is 6.09. The number of aromatic carboxylic acids is 1. The van der Waals surface area contributed by atoms with Gasteiger partial charge in [-0.15, -0.1) is 11.8 Å². The van der Waals surface area contributed by atoms with Gasteiger partial charge in [0.1, 0.15) is 0 Å². The maximum absolute atomic E-state index is 12.4. The summed E-state index contributed by atoms with van der Waals surface area (Å²) < 4.78 is 0. The summed E-state index contributed by atoms with van der Waals surface area (Å²) in [6.07, 6.45) is 1.34. The van der Waals surface area contributed by atoms with Gasteiger partial charge in [0.2, 0.25) is 11.8 Å². The number of thioether (sulfide) groups is 1. The van der Waals surface area contributed by atoms with Crippen molar-refractivity contribution in [3.63, 3.8) is 0 Å². The fourth-order valence-corrected chi connectivity index (χ4v) is 4.14. The molecule has 2 amide bonds. The molecule has 0 spiro atoms. The lowest BCUT2D eigenvalue weighted by Gasteiger charge is -2.31. The number of hydrogen-bond donors (Lipinski definition) is 2. The van der Waals surface area contributed by atoms with E-state index < -0.39 is 5.97 Å². The Kier molecular flexibility index (Phi) is 7.30. The highest BCUT2D eigenvalue weighted by molar-refractivity contribution is 7.99. The van der Waals surface area contributed by atoms with Gasteiger partial charge in [-0.25, -0.2) is 4.79 Å². The highest BCUT2D eigenvalue weighted by atomic mass is 32.2. The Labute approximate surface area is 174 Å². The molecule has 2 aromatic carbocycles. The fourth-order valence-electron chi connectivity index (χ4n) is 3.25. The topological polar surface area (TPSA) is 86.7 Å². The van der Waals surface area contributed by atoms with Gasteiger partial charge in [-0.2, -0.15) is 0 Å². The minimum absolute atomic E-state index is 0.0162. The Morgan fingerprint density at radius 2 is 1.66 bits per heavy atom. The molecule has 3 rings (SSSR count). The number of benzene rings is 2. The molecule has 0 unspecified atom stereocenters. The van der Waals surface area contributed by atoms with Crippen LogP contribution in [0.4, 0.5) is 5.69 Å². The maximum atomic E-state index is 12.4. The van der Waals surface area contributed by atoms with E-state index in [0.717, 1.165) is 11.3 Å². The van der Waals surface area contributed by atoms with E-state index in [1.54, 1.807) is 24.3 Å². The first-order valence-electron chi connectivity index (χ1n) is 9.56. The lowest BCUT2D eigenvalue weighted by Crippen LogP contribution is -2.42. The predicted molar refractivity (Wildman–Crippen MR) is 114 cm³/mol. The summed E-state index contributed by atoms with van der Waals surface area (Å²) in [5.74, 6) is 0.116. The largest absolute Gasteiger partial charge is 0.478 e. The van der Waals surface area contributed by atoms with Gasteiger partial charge in [0.15, 0.2) is 0 Å². The molecule has 6 nitrogen and oxygen atoms in total. The summed E-state index contributed by atoms with van der Waals surface area (Å²) in [6, 6.07) is 16.1. The van der Waals surface area contributed by atoms with Crippen LogP contribution in [-0.4, -0.2) is 46.6 Å². The van der Waals surface area contributed by atoms with Crippen molar-refractivity contribution in [2.24, 2.45) is 5.92 Å². The summed E-state index contributed by atoms with van der Waals surface area (Å²) in [7, 11) is 0. The van der Waals surface area contributed by atoms with Crippen LogP contribution in [0.2, 0.25) is 0 Å². The molecular weight excluding hydrogens is 388 g/mol. The second-order valence-electron chi connectivity index (χ2n) is 7.01. The van der Waals surface area contributed by atoms with E-state index in [4.69, 9.17) is 5.11 Å². The van der Waals surface area contributed by atoms with Crippen LogP contribution in [0.1, 0.15) is 28.8 Å². The number of piperidine rings is 1. The van der Waals surface area contributed by atoms with Crippen LogP contribution in [0.25, 0.3) is 0 Å². The van der Waals surface area contributed by atoms with Crippen molar-refractivity contribution in [3.05, 3.63) is 65.7 Å². The first-order chi connectivity index (χ1) is 14.0. The van der Waals surface area contributed by atoms with Gasteiger partial charge in [0, 0.05) is 30.4 Å². The molecule has 1 aliphatic heterocycles. The minimum atomic E-state index is -0.944. The average Bonchev–Trinajstić information content (AvgIpc) is 2.75. The van der Waals surface area contributed by atoms with E-state index in [1.807, 2.05) is 35.2 Å². The van der Waals surface area contributed by atoms with Crippen LogP contribution in [0.15, 0.2) is 54.6 Å². The molecule has 0 aliphatic carbocycles. The first-order valence-corrected chi connectivity index (χ1v) is 10.7. The molecule has 0 radical (unpaired) electrons. The number of carboxylic acid groups (broad SMARTS) is 1. The molecule has 7 heteroatoms. The summed E-state index contributed by atoms with van der Waals surface area (Å²) in [5.41, 5.74) is 2.04. The van der Waals surface area contributed by atoms with Crippen LogP contribution in [0.5, 0.6) is 0 Å². The Hall–Kier alpha value is -2.80. The van der Waals surface area contributed by atoms with Crippen LogP contribution >= 0.6 is 11.8 Å². The van der Waals surface area contributed by atoms with Gasteiger partial charge < -0.3 is 15.3 Å². The number of anilines is 1. The highest BCUT2D eigenvalue weighted by Gasteiger charge is 2.27. The highest BCUT2D eigenvalue weighted by Crippen LogP contribution is 2.21. The van der Waals surface area contributed by atoms with Crippen molar-refractivity contribution < 1.29 is 19.5 Å². The van der Waals surface area contributed by atoms with E-state index in [2.05, 4.69) is 5.32 Å². The van der Waals surface area contributed by atoms with Crippen molar-refractivity contribution in [3.8, 4) is 0 Å². The Bertz CT molecular complexity index is 847. The van der Waals surface area contributed by atoms with Crippen LogP contribution in [0.3, 0.4) is 0 Å². The van der Waals surface area contributed by atoms with Gasteiger partial charge >= 0.3 is 5.97 Å². The maximum Gasteiger partial charge on any atom is 0.335 e. The first kappa shape index (κ1) is 20.9. The standard InChI is InChI=1S/C22H24N2O4S/c25-20(15-29-14-16-6-8-18(9-7-16)22(27)28)24-12-10-17(11-13-24)21(26)23-19-4-2-1-3-5-19/h1-9,17H,10-15H2,(H,23,26)(H,27,28). The quantitative estimate of drug-likeness (QED) is 0.727. The van der Waals surface area contributed by atoms with Crippen molar-refractivity contribution >= 4 is 35.2 Å². The van der Waals surface area contributed by atoms with Gasteiger partial charge in [0.05, 0.1) is 11.3 Å². The number of carboxylic acids is 1. The molecule has 1 heterocycles. The van der Waals surface area contributed by atoms with Crippen molar-refractivity contribution in [1.29, 1.82) is 0 Å². The second kappa shape index (κ2) is 10.1. The van der Waals surface area contributed by atoms with E-state index in [9.17, 15) is 14.4 Å². The number of para-hydroxylation sites is 1. The molecule has 0 saturated carbocycles. The molecule has 0 aromatic heterocycles. The molecule has 0 atom stereocenters. The third-order valence-electron chi connectivity index (χ3n) is 4.95. The molecule has 152 valence electrons. The summed E-state index contributed by atoms with van der Waals surface area (Å²) >= 11 is 1.51. The minimum Gasteiger partial charge on any atom is -0.478 e. The number of nitrogens with zero attached hydrogens (tertiary/aromatic N) is 1. The summed E-state index contributed by atoms with van der Waals surface area (Å²) in [6.45, 7) is 1.19. The van der Waals surface area contributed by atoms with E-state index in [0.29, 0.717) is 37.4 Å². The fraction of sp³-hybridized carbons (Fsp3) is 0.318. The predicted octanol–water partition coefficient (Wildman–Crippen LogP) is 3.50. The monoisotopic (exact) mass is 412 g/mol. The molecule has 2 aromatic rings. The zero-order valence-electron chi connectivity index (χ0n) is 16.0. The van der Waals surface area contributed by atoms with Gasteiger partial charge in [-0.05, 0) is 42.7 Å². The lowest BCUT2D eigenvalue weighted by molar-refractivity contribution is -0.132. The normalized spacial score (nSPS) is 14.4. The molecule has 0 bridgehead atoms. The molecule has 2 N–H and O–H groups in total. The number of carbonyl (C=O) groups is 3. The smallest absolute Gasteiger partial charge is 0.335 e. The Morgan fingerprint density at radius 1 is 1.00 bits per heavy atom. The number of carbonyl (C=O) groups excluding carboxylic acids is 2. The Morgan fingerprint density at radius 3 is 2.28 bits per heavy atom. The molecule has 1 fully saturated rings. The molecule has 1 aliphatic rings. The number of rotatable bonds is 7. The van der Waals surface area contributed by atoms with E-state index in [1.165, 1.54) is 11.8 Å². The van der Waals surface area contributed by atoms with Crippen LogP contribution < -0.4 is 5.32 Å². The second-order valence-corrected chi connectivity index (χ2v) is 7.99. The molecular formula is C22H24N2O4S. The number of amides is 2. The Balaban J connectivity index is 1.38. The number of hydrogen-bond acceptors (Lipinski definition) is 4. The number of likely N-dealkylation sites (tertiary alicyclic amines) is 1. The third-order valence-corrected chi connectivity index (χ3v) is 5.94. The zero-order valence-corrected chi connectivity index (χ0v) is 16.9. The van der Waals surface area contributed by atoms with Crippen molar-refractivity contribution in [2.75, 3.05) is 24.2 Å². The van der Waals surface area contributed by atoms with Crippen LogP contribution in [-0.2, 0) is 15.3 Å². The SMILES string of the molecule is O=C(O)c1ccc(CSCC(=O)N2CCC(C(=O)Nc3ccccc3)CC2)cc1. The summed E-state index contributed by atoms with van der Waals surface area (Å²) in [5, 5.41) is 11.9. The summed E-state index contributed by atoms with van der Waals surface area (Å²) in [4.78, 5) is 37.5. The lowest BCUT2D eigenvalue weighted by atomic mass is 9.96. The van der Waals surface area contributed by atoms with Gasteiger partial charge in [-0.1, -0.05) is 30.3 Å². The molecule has 1 saturated heterocycles. The molecule has 29 heavy (non-hydrogen) atoms. The number of nitrogens with one attached hydrogen (secondary N) is 1. The van der Waals surface area contributed by atoms with E-state index >= 15 is 0 Å². The van der Waals surface area contributed by atoms with Crippen molar-refractivity contribution in [1.82, 2.24) is 4.90 Å². The zero-order chi connectivity index (χ0) is 20.6. The van der Waals surface area contributed by atoms with Gasteiger partial charge in [-0.3, -0.25) is 9.59 Å². The van der Waals surface area contributed by atoms with Gasteiger partial charge in [0.25, 0.3) is 0 Å². The van der Waals surface area contributed by atoms with Crippen LogP contribution in [0, 0.1) is 5.92 Å².